The van der Waals surface area contributed by atoms with Crippen LogP contribution in [-0.2, 0) is 4.79 Å². The van der Waals surface area contributed by atoms with Crippen molar-refractivity contribution in [3.8, 4) is 0 Å². The number of carbonyl (C=O) groups excluding carboxylic acids is 1. The van der Waals surface area contributed by atoms with Gasteiger partial charge in [0.1, 0.15) is 5.78 Å². The topological polar surface area (TPSA) is 20.3 Å². The zero-order valence-corrected chi connectivity index (χ0v) is 10.6. The van der Waals surface area contributed by atoms with Crippen LogP contribution in [0.4, 0.5) is 0 Å². The minimum absolute atomic E-state index is 0.391. The summed E-state index contributed by atoms with van der Waals surface area (Å²) in [6.45, 7) is 5.10. The lowest BCUT2D eigenvalue weighted by atomic mass is 9.86. The molecule has 2 fully saturated rings. The zero-order valence-electron chi connectivity index (χ0n) is 10.6. The van der Waals surface area contributed by atoms with Crippen LogP contribution in [0.5, 0.6) is 0 Å². The third-order valence-corrected chi connectivity index (χ3v) is 4.10. The van der Waals surface area contributed by atoms with Crippen LogP contribution in [0.25, 0.3) is 0 Å². The highest BCUT2D eigenvalue weighted by Gasteiger charge is 2.27. The number of nitrogens with zero attached hydrogens (tertiary/aromatic N) is 1. The van der Waals surface area contributed by atoms with Gasteiger partial charge >= 0.3 is 0 Å². The summed E-state index contributed by atoms with van der Waals surface area (Å²) < 4.78 is 0. The Hall–Kier alpha value is -0.370. The summed E-state index contributed by atoms with van der Waals surface area (Å²) >= 11 is 0. The van der Waals surface area contributed by atoms with Crippen LogP contribution in [0.1, 0.15) is 51.9 Å². The first-order valence-corrected chi connectivity index (χ1v) is 7.04. The quantitative estimate of drug-likeness (QED) is 0.690. The molecular formula is C14H25NO. The van der Waals surface area contributed by atoms with E-state index in [1.54, 1.807) is 0 Å². The summed E-state index contributed by atoms with van der Waals surface area (Å²) in [5.74, 6) is 1.81. The molecule has 92 valence electrons. The SMILES string of the molecule is CCN(CC(=O)C1CCCCC1)CC1CC1. The van der Waals surface area contributed by atoms with E-state index in [0.717, 1.165) is 38.4 Å². The summed E-state index contributed by atoms with van der Waals surface area (Å²) in [6, 6.07) is 0. The van der Waals surface area contributed by atoms with Crippen LogP contribution in [-0.4, -0.2) is 30.3 Å². The first-order valence-electron chi connectivity index (χ1n) is 7.04. The average Bonchev–Trinajstić information content (AvgIpc) is 3.13. The molecule has 0 saturated heterocycles. The largest absolute Gasteiger partial charge is 0.298 e. The van der Waals surface area contributed by atoms with E-state index in [1.807, 2.05) is 0 Å². The molecule has 0 bridgehead atoms. The van der Waals surface area contributed by atoms with E-state index < -0.39 is 0 Å². The molecule has 2 aliphatic rings. The molecule has 0 heterocycles. The molecule has 2 rings (SSSR count). The Morgan fingerprint density at radius 3 is 2.38 bits per heavy atom. The Labute approximate surface area is 99.4 Å². The van der Waals surface area contributed by atoms with Crippen molar-refractivity contribution in [2.24, 2.45) is 11.8 Å². The van der Waals surface area contributed by atoms with Crippen LogP contribution in [0.15, 0.2) is 0 Å². The molecule has 0 aromatic carbocycles. The fourth-order valence-corrected chi connectivity index (χ4v) is 2.75. The Kier molecular flexibility index (Phi) is 4.39. The number of hydrogen-bond acceptors (Lipinski definition) is 2. The third kappa shape index (κ3) is 3.58. The van der Waals surface area contributed by atoms with Crippen molar-refractivity contribution in [1.29, 1.82) is 0 Å². The Balaban J connectivity index is 1.74. The van der Waals surface area contributed by atoms with Crippen molar-refractivity contribution in [2.45, 2.75) is 51.9 Å². The lowest BCUT2D eigenvalue weighted by molar-refractivity contribution is -0.125. The van der Waals surface area contributed by atoms with Gasteiger partial charge in [-0.05, 0) is 38.1 Å². The van der Waals surface area contributed by atoms with Gasteiger partial charge in [0.2, 0.25) is 0 Å². The van der Waals surface area contributed by atoms with Crippen molar-refractivity contribution in [3.63, 3.8) is 0 Å². The van der Waals surface area contributed by atoms with Gasteiger partial charge in [-0.3, -0.25) is 9.69 Å². The predicted octanol–water partition coefficient (Wildman–Crippen LogP) is 2.87. The molecule has 0 aliphatic heterocycles. The molecule has 0 unspecified atom stereocenters. The molecule has 2 heteroatoms. The number of likely N-dealkylation sites (N-methyl/N-ethyl adjacent to an activating group) is 1. The summed E-state index contributed by atoms with van der Waals surface area (Å²) in [5, 5.41) is 0. The van der Waals surface area contributed by atoms with Gasteiger partial charge in [0, 0.05) is 12.5 Å². The van der Waals surface area contributed by atoms with E-state index in [1.165, 1.54) is 32.1 Å². The minimum Gasteiger partial charge on any atom is -0.298 e. The second-order valence-electron chi connectivity index (χ2n) is 5.57. The molecule has 2 nitrogen and oxygen atoms in total. The Bertz CT molecular complexity index is 229. The van der Waals surface area contributed by atoms with E-state index >= 15 is 0 Å². The van der Waals surface area contributed by atoms with Crippen molar-refractivity contribution >= 4 is 5.78 Å². The van der Waals surface area contributed by atoms with Gasteiger partial charge < -0.3 is 0 Å². The van der Waals surface area contributed by atoms with Gasteiger partial charge in [-0.2, -0.15) is 0 Å². The van der Waals surface area contributed by atoms with Gasteiger partial charge in [0.25, 0.3) is 0 Å². The first-order chi connectivity index (χ1) is 7.79. The van der Waals surface area contributed by atoms with Crippen molar-refractivity contribution < 1.29 is 4.79 Å². The third-order valence-electron chi connectivity index (χ3n) is 4.10. The monoisotopic (exact) mass is 223 g/mol. The smallest absolute Gasteiger partial charge is 0.149 e. The molecule has 2 aliphatic carbocycles. The predicted molar refractivity (Wildman–Crippen MR) is 66.4 cm³/mol. The fraction of sp³-hybridized carbons (Fsp3) is 0.929. The van der Waals surface area contributed by atoms with E-state index in [9.17, 15) is 4.79 Å². The summed E-state index contributed by atoms with van der Waals surface area (Å²) in [5.41, 5.74) is 0. The number of rotatable bonds is 6. The highest BCUT2D eigenvalue weighted by Crippen LogP contribution is 2.30. The van der Waals surface area contributed by atoms with Crippen LogP contribution in [0.2, 0.25) is 0 Å². The van der Waals surface area contributed by atoms with E-state index in [4.69, 9.17) is 0 Å². The standard InChI is InChI=1S/C14H25NO/c1-2-15(10-12-8-9-12)11-14(16)13-6-4-3-5-7-13/h12-13H,2-11H2,1H3. The van der Waals surface area contributed by atoms with E-state index in [2.05, 4.69) is 11.8 Å². The van der Waals surface area contributed by atoms with Gasteiger partial charge in [0.05, 0.1) is 6.54 Å². The molecule has 0 aromatic rings. The molecule has 16 heavy (non-hydrogen) atoms. The lowest BCUT2D eigenvalue weighted by Gasteiger charge is -2.25. The summed E-state index contributed by atoms with van der Waals surface area (Å²) in [4.78, 5) is 14.5. The molecule has 0 radical (unpaired) electrons. The van der Waals surface area contributed by atoms with E-state index in [0.29, 0.717) is 11.7 Å². The van der Waals surface area contributed by atoms with Crippen LogP contribution in [0.3, 0.4) is 0 Å². The molecule has 0 atom stereocenters. The minimum atomic E-state index is 0.391. The zero-order chi connectivity index (χ0) is 11.4. The highest BCUT2D eigenvalue weighted by atomic mass is 16.1. The van der Waals surface area contributed by atoms with Crippen LogP contribution >= 0.6 is 0 Å². The molecule has 0 N–H and O–H groups in total. The average molecular weight is 223 g/mol. The maximum Gasteiger partial charge on any atom is 0.149 e. The molecule has 0 aromatic heterocycles. The molecular weight excluding hydrogens is 198 g/mol. The van der Waals surface area contributed by atoms with Crippen molar-refractivity contribution in [2.75, 3.05) is 19.6 Å². The normalized spacial score (nSPS) is 22.6. The molecule has 0 amide bonds. The lowest BCUT2D eigenvalue weighted by Crippen LogP contribution is -2.35. The van der Waals surface area contributed by atoms with Crippen molar-refractivity contribution in [1.82, 2.24) is 4.90 Å². The second-order valence-corrected chi connectivity index (χ2v) is 5.57. The number of Topliss-reactive ketones (excluding diaryl/α,β-unsaturated/α-hetero) is 1. The van der Waals surface area contributed by atoms with Crippen molar-refractivity contribution in [3.05, 3.63) is 0 Å². The number of hydrogen-bond donors (Lipinski definition) is 0. The summed E-state index contributed by atoms with van der Waals surface area (Å²) in [7, 11) is 0. The van der Waals surface area contributed by atoms with Gasteiger partial charge in [-0.15, -0.1) is 0 Å². The first kappa shape index (κ1) is 12.1. The van der Waals surface area contributed by atoms with Crippen LogP contribution < -0.4 is 0 Å². The van der Waals surface area contributed by atoms with Gasteiger partial charge in [-0.1, -0.05) is 26.2 Å². The van der Waals surface area contributed by atoms with E-state index in [-0.39, 0.29) is 0 Å². The van der Waals surface area contributed by atoms with Gasteiger partial charge in [0.15, 0.2) is 0 Å². The number of ketones is 1. The maximum atomic E-state index is 12.1. The second kappa shape index (κ2) is 5.81. The maximum absolute atomic E-state index is 12.1. The summed E-state index contributed by atoms with van der Waals surface area (Å²) in [6.07, 6.45) is 8.95. The number of carbonyl (C=O) groups is 1. The highest BCUT2D eigenvalue weighted by molar-refractivity contribution is 5.83. The Morgan fingerprint density at radius 2 is 1.81 bits per heavy atom. The Morgan fingerprint density at radius 1 is 1.12 bits per heavy atom. The molecule has 0 spiro atoms. The van der Waals surface area contributed by atoms with Gasteiger partial charge in [-0.25, -0.2) is 0 Å². The fourth-order valence-electron chi connectivity index (χ4n) is 2.75. The van der Waals surface area contributed by atoms with Crippen LogP contribution in [0, 0.1) is 11.8 Å². The molecule has 2 saturated carbocycles.